The molecule has 6 nitrogen and oxygen atoms in total. The summed E-state index contributed by atoms with van der Waals surface area (Å²) in [4.78, 5) is 15.7. The van der Waals surface area contributed by atoms with E-state index in [2.05, 4.69) is 10.3 Å². The van der Waals surface area contributed by atoms with Crippen LogP contribution in [0.5, 0.6) is 5.88 Å². The van der Waals surface area contributed by atoms with Crippen LogP contribution in [0.2, 0.25) is 0 Å². The van der Waals surface area contributed by atoms with Gasteiger partial charge in [-0.3, -0.25) is 0 Å². The van der Waals surface area contributed by atoms with Crippen LogP contribution < -0.4 is 15.8 Å². The molecule has 0 atom stereocenters. The Morgan fingerprint density at radius 2 is 1.83 bits per heavy atom. The van der Waals surface area contributed by atoms with Gasteiger partial charge in [0.1, 0.15) is 12.2 Å². The predicted molar refractivity (Wildman–Crippen MR) is 92.5 cm³/mol. The molecular weight excluding hydrogens is 306 g/mol. The molecule has 0 unspecified atom stereocenters. The SMILES string of the molecule is CC(C)(C)OC(=O)NCc1ccc(COc2cc(N)ccn2)cc1. The molecule has 2 rings (SSSR count). The minimum absolute atomic E-state index is 0.399. The van der Waals surface area contributed by atoms with Crippen molar-refractivity contribution in [2.45, 2.75) is 39.5 Å². The third kappa shape index (κ3) is 6.16. The van der Waals surface area contributed by atoms with Crippen LogP contribution in [-0.4, -0.2) is 16.7 Å². The molecule has 1 amide bonds. The molecule has 0 saturated heterocycles. The summed E-state index contributed by atoms with van der Waals surface area (Å²) >= 11 is 0. The number of nitrogens with two attached hydrogens (primary N) is 1. The number of nitrogens with zero attached hydrogens (tertiary/aromatic N) is 1. The van der Waals surface area contributed by atoms with Gasteiger partial charge in [0, 0.05) is 24.5 Å². The fourth-order valence-corrected chi connectivity index (χ4v) is 1.90. The molecule has 0 aliphatic heterocycles. The highest BCUT2D eigenvalue weighted by atomic mass is 16.6. The number of benzene rings is 1. The van der Waals surface area contributed by atoms with Crippen LogP contribution in [0.25, 0.3) is 0 Å². The molecule has 2 aromatic rings. The second-order valence-corrected chi connectivity index (χ2v) is 6.39. The molecule has 0 saturated carbocycles. The molecule has 0 radical (unpaired) electrons. The van der Waals surface area contributed by atoms with Gasteiger partial charge in [-0.25, -0.2) is 9.78 Å². The fraction of sp³-hybridized carbons (Fsp3) is 0.333. The zero-order valence-electron chi connectivity index (χ0n) is 14.2. The number of hydrogen-bond acceptors (Lipinski definition) is 5. The summed E-state index contributed by atoms with van der Waals surface area (Å²) in [7, 11) is 0. The standard InChI is InChI=1S/C18H23N3O3/c1-18(2,3)24-17(22)21-11-13-4-6-14(7-5-13)12-23-16-10-15(19)8-9-20-16/h4-10H,11-12H2,1-3H3,(H2,19,20)(H,21,22). The average molecular weight is 329 g/mol. The highest BCUT2D eigenvalue weighted by molar-refractivity contribution is 5.67. The van der Waals surface area contributed by atoms with Crippen LogP contribution in [0.15, 0.2) is 42.6 Å². The van der Waals surface area contributed by atoms with Crippen LogP contribution in [0.4, 0.5) is 10.5 Å². The molecular formula is C18H23N3O3. The van der Waals surface area contributed by atoms with Crippen molar-refractivity contribution in [3.63, 3.8) is 0 Å². The van der Waals surface area contributed by atoms with Crippen molar-refractivity contribution in [3.8, 4) is 5.88 Å². The van der Waals surface area contributed by atoms with Crippen molar-refractivity contribution >= 4 is 11.8 Å². The summed E-state index contributed by atoms with van der Waals surface area (Å²) in [5.74, 6) is 0.491. The molecule has 0 aliphatic rings. The van der Waals surface area contributed by atoms with E-state index in [1.165, 1.54) is 0 Å². The number of hydrogen-bond donors (Lipinski definition) is 2. The lowest BCUT2D eigenvalue weighted by molar-refractivity contribution is 0.0523. The maximum atomic E-state index is 11.6. The Morgan fingerprint density at radius 1 is 1.17 bits per heavy atom. The largest absolute Gasteiger partial charge is 0.473 e. The van der Waals surface area contributed by atoms with E-state index in [0.717, 1.165) is 11.1 Å². The smallest absolute Gasteiger partial charge is 0.407 e. The average Bonchev–Trinajstić information content (AvgIpc) is 2.50. The molecule has 128 valence electrons. The Hall–Kier alpha value is -2.76. The van der Waals surface area contributed by atoms with E-state index >= 15 is 0 Å². The molecule has 0 spiro atoms. The number of ether oxygens (including phenoxy) is 2. The van der Waals surface area contributed by atoms with Gasteiger partial charge in [-0.1, -0.05) is 24.3 Å². The van der Waals surface area contributed by atoms with E-state index in [4.69, 9.17) is 15.2 Å². The summed E-state index contributed by atoms with van der Waals surface area (Å²) in [5, 5.41) is 2.72. The minimum atomic E-state index is -0.500. The normalized spacial score (nSPS) is 11.0. The molecule has 3 N–H and O–H groups in total. The van der Waals surface area contributed by atoms with Gasteiger partial charge >= 0.3 is 6.09 Å². The van der Waals surface area contributed by atoms with Gasteiger partial charge < -0.3 is 20.5 Å². The minimum Gasteiger partial charge on any atom is -0.473 e. The number of pyridine rings is 1. The molecule has 1 aromatic heterocycles. The molecule has 1 heterocycles. The maximum Gasteiger partial charge on any atom is 0.407 e. The van der Waals surface area contributed by atoms with Gasteiger partial charge in [0.2, 0.25) is 5.88 Å². The Morgan fingerprint density at radius 3 is 2.46 bits per heavy atom. The van der Waals surface area contributed by atoms with Crippen molar-refractivity contribution < 1.29 is 14.3 Å². The molecule has 0 fully saturated rings. The maximum absolute atomic E-state index is 11.6. The van der Waals surface area contributed by atoms with Gasteiger partial charge in [-0.2, -0.15) is 0 Å². The lowest BCUT2D eigenvalue weighted by Crippen LogP contribution is -2.32. The van der Waals surface area contributed by atoms with E-state index in [-0.39, 0.29) is 0 Å². The van der Waals surface area contributed by atoms with E-state index in [1.807, 2.05) is 45.0 Å². The van der Waals surface area contributed by atoms with Crippen molar-refractivity contribution in [3.05, 3.63) is 53.7 Å². The number of rotatable bonds is 5. The van der Waals surface area contributed by atoms with E-state index < -0.39 is 11.7 Å². The molecule has 1 aromatic carbocycles. The molecule has 0 aliphatic carbocycles. The first-order valence-electron chi connectivity index (χ1n) is 7.71. The Balaban J connectivity index is 1.81. The third-order valence-corrected chi connectivity index (χ3v) is 3.00. The molecule has 0 bridgehead atoms. The number of carbonyl (C=O) groups is 1. The van der Waals surface area contributed by atoms with Gasteiger partial charge in [-0.05, 0) is 38.0 Å². The van der Waals surface area contributed by atoms with E-state index in [9.17, 15) is 4.79 Å². The van der Waals surface area contributed by atoms with Gasteiger partial charge in [-0.15, -0.1) is 0 Å². The number of amides is 1. The fourth-order valence-electron chi connectivity index (χ4n) is 1.90. The first kappa shape index (κ1) is 17.6. The highest BCUT2D eigenvalue weighted by Gasteiger charge is 2.15. The van der Waals surface area contributed by atoms with Crippen LogP contribution in [0.1, 0.15) is 31.9 Å². The van der Waals surface area contributed by atoms with Crippen molar-refractivity contribution in [1.29, 1.82) is 0 Å². The second-order valence-electron chi connectivity index (χ2n) is 6.39. The van der Waals surface area contributed by atoms with E-state index in [0.29, 0.717) is 24.7 Å². The highest BCUT2D eigenvalue weighted by Crippen LogP contribution is 2.13. The second kappa shape index (κ2) is 7.68. The van der Waals surface area contributed by atoms with Gasteiger partial charge in [0.25, 0.3) is 0 Å². The Labute approximate surface area is 142 Å². The third-order valence-electron chi connectivity index (χ3n) is 3.00. The van der Waals surface area contributed by atoms with Crippen LogP contribution in [0, 0.1) is 0 Å². The topological polar surface area (TPSA) is 86.5 Å². The van der Waals surface area contributed by atoms with Crippen LogP contribution in [0.3, 0.4) is 0 Å². The zero-order valence-corrected chi connectivity index (χ0v) is 14.2. The summed E-state index contributed by atoms with van der Waals surface area (Å²) in [6.45, 7) is 6.30. The first-order valence-corrected chi connectivity index (χ1v) is 7.71. The number of anilines is 1. The van der Waals surface area contributed by atoms with E-state index in [1.54, 1.807) is 18.3 Å². The summed E-state index contributed by atoms with van der Waals surface area (Å²) < 4.78 is 10.8. The summed E-state index contributed by atoms with van der Waals surface area (Å²) in [6, 6.07) is 11.1. The lowest BCUT2D eigenvalue weighted by Gasteiger charge is -2.19. The predicted octanol–water partition coefficient (Wildman–Crippen LogP) is 3.27. The van der Waals surface area contributed by atoms with Gasteiger partial charge in [0.15, 0.2) is 0 Å². The van der Waals surface area contributed by atoms with Crippen LogP contribution >= 0.6 is 0 Å². The Kier molecular flexibility index (Phi) is 5.63. The van der Waals surface area contributed by atoms with Crippen molar-refractivity contribution in [1.82, 2.24) is 10.3 Å². The van der Waals surface area contributed by atoms with Crippen molar-refractivity contribution in [2.75, 3.05) is 5.73 Å². The lowest BCUT2D eigenvalue weighted by atomic mass is 10.1. The Bertz CT molecular complexity index is 679. The molecule has 6 heteroatoms. The number of nitrogen functional groups attached to an aromatic ring is 1. The molecule has 24 heavy (non-hydrogen) atoms. The van der Waals surface area contributed by atoms with Crippen LogP contribution in [-0.2, 0) is 17.9 Å². The number of nitrogens with one attached hydrogen (secondary N) is 1. The number of alkyl carbamates (subject to hydrolysis) is 1. The zero-order chi connectivity index (χ0) is 17.6. The number of carbonyl (C=O) groups excluding carboxylic acids is 1. The quantitative estimate of drug-likeness (QED) is 0.879. The summed E-state index contributed by atoms with van der Waals surface area (Å²) in [6.07, 6.45) is 1.18. The summed E-state index contributed by atoms with van der Waals surface area (Å²) in [5.41, 5.74) is 7.77. The first-order chi connectivity index (χ1) is 11.3. The van der Waals surface area contributed by atoms with Crippen molar-refractivity contribution in [2.24, 2.45) is 0 Å². The van der Waals surface area contributed by atoms with Gasteiger partial charge in [0.05, 0.1) is 0 Å². The number of aromatic nitrogens is 1. The monoisotopic (exact) mass is 329 g/mol.